The fraction of sp³-hybridized carbons (Fsp3) is 0.407. The molecule has 0 aromatic heterocycles. The van der Waals surface area contributed by atoms with Crippen molar-refractivity contribution in [1.29, 1.82) is 0 Å². The first-order valence-electron chi connectivity index (χ1n) is 11.8. The van der Waals surface area contributed by atoms with Gasteiger partial charge in [0.15, 0.2) is 5.75 Å². The van der Waals surface area contributed by atoms with Gasteiger partial charge < -0.3 is 18.8 Å². The highest BCUT2D eigenvalue weighted by atomic mass is 32.2. The van der Waals surface area contributed by atoms with Gasteiger partial charge in [0.1, 0.15) is 22.8 Å². The number of allylic oxidation sites excluding steroid dienone is 2. The highest BCUT2D eigenvalue weighted by molar-refractivity contribution is 7.87. The summed E-state index contributed by atoms with van der Waals surface area (Å²) >= 11 is 0. The Labute approximate surface area is 211 Å². The molecule has 0 bridgehead atoms. The molecule has 1 aliphatic carbocycles. The number of aliphatic carboxylic acids is 1. The van der Waals surface area contributed by atoms with E-state index in [0.29, 0.717) is 28.9 Å². The van der Waals surface area contributed by atoms with Crippen LogP contribution < -0.4 is 8.92 Å². The number of rotatable bonds is 8. The summed E-state index contributed by atoms with van der Waals surface area (Å²) in [5.74, 6) is -1.72. The molecule has 1 heterocycles. The molecule has 4 rings (SSSR count). The molecule has 2 aromatic rings. The van der Waals surface area contributed by atoms with E-state index in [0.717, 1.165) is 24.0 Å². The minimum absolute atomic E-state index is 0.00515. The van der Waals surface area contributed by atoms with Gasteiger partial charge in [-0.3, -0.25) is 4.79 Å². The number of hydrogen-bond donors (Lipinski definition) is 1. The molecule has 1 aliphatic heterocycles. The van der Waals surface area contributed by atoms with Crippen LogP contribution in [0.4, 0.5) is 0 Å². The van der Waals surface area contributed by atoms with Gasteiger partial charge in [0, 0.05) is 11.1 Å². The fourth-order valence-corrected chi connectivity index (χ4v) is 6.15. The van der Waals surface area contributed by atoms with Crippen molar-refractivity contribution in [2.24, 2.45) is 11.8 Å². The standard InChI is InChI=1S/C27H30O8S/c1-15-8-11-18(12-9-15)36(31,32)35-25-21(13-10-16(2)19-6-5-7-20(19)26(28)29)24(33-4)17(3)22-14-34-27(30)23(22)25/h8-12,19-20H,5-7,13-14H2,1-4H3,(H,28,29). The maximum atomic E-state index is 13.2. The Bertz CT molecular complexity index is 1340. The molecular weight excluding hydrogens is 484 g/mol. The molecule has 2 unspecified atom stereocenters. The lowest BCUT2D eigenvalue weighted by Gasteiger charge is -2.20. The Morgan fingerprint density at radius 1 is 1.14 bits per heavy atom. The van der Waals surface area contributed by atoms with Crippen LogP contribution >= 0.6 is 0 Å². The van der Waals surface area contributed by atoms with Gasteiger partial charge >= 0.3 is 22.1 Å². The van der Waals surface area contributed by atoms with Crippen LogP contribution in [0, 0.1) is 25.7 Å². The van der Waals surface area contributed by atoms with Crippen LogP contribution in [-0.2, 0) is 32.7 Å². The molecule has 2 aromatic carbocycles. The number of carbonyl (C=O) groups is 2. The van der Waals surface area contributed by atoms with Crippen molar-refractivity contribution < 1.29 is 36.8 Å². The fourth-order valence-electron chi connectivity index (χ4n) is 5.18. The Balaban J connectivity index is 1.81. The number of aryl methyl sites for hydroxylation is 1. The van der Waals surface area contributed by atoms with Crippen LogP contribution in [-0.4, -0.2) is 32.6 Å². The largest absolute Gasteiger partial charge is 0.496 e. The van der Waals surface area contributed by atoms with Crippen molar-refractivity contribution in [2.75, 3.05) is 7.11 Å². The molecule has 0 amide bonds. The van der Waals surface area contributed by atoms with Gasteiger partial charge in [-0.05, 0) is 63.6 Å². The molecule has 0 radical (unpaired) electrons. The molecule has 1 fully saturated rings. The summed E-state index contributed by atoms with van der Waals surface area (Å²) in [4.78, 5) is 24.3. The lowest BCUT2D eigenvalue weighted by atomic mass is 9.88. The molecule has 192 valence electrons. The zero-order valence-electron chi connectivity index (χ0n) is 20.8. The highest BCUT2D eigenvalue weighted by Gasteiger charge is 2.36. The zero-order chi connectivity index (χ0) is 26.2. The summed E-state index contributed by atoms with van der Waals surface area (Å²) in [7, 11) is -2.80. The first-order chi connectivity index (χ1) is 17.0. The maximum absolute atomic E-state index is 13.2. The third-order valence-corrected chi connectivity index (χ3v) is 8.41. The maximum Gasteiger partial charge on any atom is 0.342 e. The Morgan fingerprint density at radius 2 is 1.81 bits per heavy atom. The second-order valence-electron chi connectivity index (χ2n) is 9.38. The monoisotopic (exact) mass is 514 g/mol. The molecule has 2 aliphatic rings. The van der Waals surface area contributed by atoms with Crippen molar-refractivity contribution in [3.05, 3.63) is 63.7 Å². The molecule has 8 nitrogen and oxygen atoms in total. The van der Waals surface area contributed by atoms with Gasteiger partial charge in [-0.1, -0.05) is 35.8 Å². The molecule has 1 saturated carbocycles. The van der Waals surface area contributed by atoms with E-state index in [1.165, 1.54) is 19.2 Å². The summed E-state index contributed by atoms with van der Waals surface area (Å²) in [6.07, 6.45) is 4.31. The van der Waals surface area contributed by atoms with Gasteiger partial charge in [-0.25, -0.2) is 4.79 Å². The van der Waals surface area contributed by atoms with Crippen molar-refractivity contribution in [1.82, 2.24) is 0 Å². The molecule has 0 spiro atoms. The van der Waals surface area contributed by atoms with Crippen LogP contribution in [0.1, 0.15) is 58.8 Å². The van der Waals surface area contributed by atoms with Gasteiger partial charge in [-0.15, -0.1) is 0 Å². The van der Waals surface area contributed by atoms with E-state index in [1.54, 1.807) is 19.1 Å². The molecule has 2 atom stereocenters. The topological polar surface area (TPSA) is 116 Å². The lowest BCUT2D eigenvalue weighted by molar-refractivity contribution is -0.142. The van der Waals surface area contributed by atoms with Gasteiger partial charge in [0.2, 0.25) is 0 Å². The minimum Gasteiger partial charge on any atom is -0.496 e. The van der Waals surface area contributed by atoms with E-state index in [4.69, 9.17) is 13.7 Å². The van der Waals surface area contributed by atoms with Crippen molar-refractivity contribution >= 4 is 22.1 Å². The number of cyclic esters (lactones) is 1. The van der Waals surface area contributed by atoms with Crippen molar-refractivity contribution in [3.63, 3.8) is 0 Å². The molecule has 36 heavy (non-hydrogen) atoms. The van der Waals surface area contributed by atoms with Crippen LogP contribution in [0.2, 0.25) is 0 Å². The van der Waals surface area contributed by atoms with Crippen LogP contribution in [0.25, 0.3) is 0 Å². The third kappa shape index (κ3) is 4.72. The number of esters is 1. The smallest absolute Gasteiger partial charge is 0.342 e. The second-order valence-corrected chi connectivity index (χ2v) is 10.9. The van der Waals surface area contributed by atoms with E-state index in [2.05, 4.69) is 0 Å². The lowest BCUT2D eigenvalue weighted by Crippen LogP contribution is -2.19. The number of carbonyl (C=O) groups excluding carboxylic acids is 1. The number of benzene rings is 2. The van der Waals surface area contributed by atoms with E-state index < -0.39 is 28.0 Å². The van der Waals surface area contributed by atoms with Crippen molar-refractivity contribution in [2.45, 2.75) is 58.0 Å². The third-order valence-electron chi connectivity index (χ3n) is 7.18. The highest BCUT2D eigenvalue weighted by Crippen LogP contribution is 2.44. The van der Waals surface area contributed by atoms with E-state index in [1.807, 2.05) is 19.9 Å². The zero-order valence-corrected chi connectivity index (χ0v) is 21.6. The summed E-state index contributed by atoms with van der Waals surface area (Å²) in [6, 6.07) is 6.23. The van der Waals surface area contributed by atoms with Gasteiger partial charge in [0.25, 0.3) is 0 Å². The normalized spacial score (nSPS) is 19.7. The number of fused-ring (bicyclic) bond motifs is 1. The summed E-state index contributed by atoms with van der Waals surface area (Å²) in [5.41, 5.74) is 3.46. The molecule has 1 N–H and O–H groups in total. The van der Waals surface area contributed by atoms with Gasteiger partial charge in [0.05, 0.1) is 13.0 Å². The number of ether oxygens (including phenoxy) is 2. The predicted octanol–water partition coefficient (Wildman–Crippen LogP) is 4.74. The first kappa shape index (κ1) is 25.8. The molecular formula is C27H30O8S. The average Bonchev–Trinajstić information content (AvgIpc) is 3.47. The number of hydrogen-bond acceptors (Lipinski definition) is 7. The minimum atomic E-state index is -4.27. The van der Waals surface area contributed by atoms with Crippen molar-refractivity contribution in [3.8, 4) is 11.5 Å². The average molecular weight is 515 g/mol. The number of methoxy groups -OCH3 is 1. The molecule has 0 saturated heterocycles. The van der Waals surface area contributed by atoms with E-state index >= 15 is 0 Å². The number of carboxylic acids is 1. The summed E-state index contributed by atoms with van der Waals surface area (Å²) in [5, 5.41) is 9.58. The van der Waals surface area contributed by atoms with E-state index in [9.17, 15) is 23.1 Å². The van der Waals surface area contributed by atoms with Crippen LogP contribution in [0.15, 0.2) is 40.8 Å². The Kier molecular flexibility index (Phi) is 7.13. The predicted molar refractivity (Wildman–Crippen MR) is 132 cm³/mol. The second kappa shape index (κ2) is 9.97. The summed E-state index contributed by atoms with van der Waals surface area (Å²) < 4.78 is 43.0. The Hall–Kier alpha value is -3.33. The van der Waals surface area contributed by atoms with Gasteiger partial charge in [-0.2, -0.15) is 8.42 Å². The van der Waals surface area contributed by atoms with Crippen LogP contribution in [0.5, 0.6) is 11.5 Å². The number of carboxylic acid groups (broad SMARTS) is 1. The SMILES string of the molecule is COc1c(C)c2c(c(OS(=O)(=O)c3ccc(C)cc3)c1CC=C(C)C1CCCC1C(=O)O)C(=O)OC2. The quantitative estimate of drug-likeness (QED) is 0.305. The Morgan fingerprint density at radius 3 is 2.44 bits per heavy atom. The van der Waals surface area contributed by atoms with Crippen LogP contribution in [0.3, 0.4) is 0 Å². The summed E-state index contributed by atoms with van der Waals surface area (Å²) in [6.45, 7) is 5.51. The first-order valence-corrected chi connectivity index (χ1v) is 13.3. The van der Waals surface area contributed by atoms with E-state index in [-0.39, 0.29) is 35.2 Å². The molecule has 9 heteroatoms.